The van der Waals surface area contributed by atoms with Crippen LogP contribution in [0.3, 0.4) is 0 Å². The number of hydrogen-bond donors (Lipinski definition) is 0. The summed E-state index contributed by atoms with van der Waals surface area (Å²) in [5.74, 6) is 0.0987. The van der Waals surface area contributed by atoms with Crippen LogP contribution >= 0.6 is 0 Å². The Kier molecular flexibility index (Phi) is 5.71. The molecule has 2 amide bonds. The van der Waals surface area contributed by atoms with Crippen LogP contribution in [0.15, 0.2) is 60.7 Å². The van der Waals surface area contributed by atoms with Crippen molar-refractivity contribution in [1.82, 2.24) is 9.80 Å². The summed E-state index contributed by atoms with van der Waals surface area (Å²) >= 11 is 0. The minimum absolute atomic E-state index is 0.0493. The number of amides is 2. The van der Waals surface area contributed by atoms with Crippen molar-refractivity contribution in [2.75, 3.05) is 14.1 Å². The molecule has 1 aliphatic rings. The quantitative estimate of drug-likeness (QED) is 0.840. The summed E-state index contributed by atoms with van der Waals surface area (Å²) in [6, 6.07) is 19.1. The van der Waals surface area contributed by atoms with Gasteiger partial charge in [-0.1, -0.05) is 36.4 Å². The molecule has 0 aromatic heterocycles. The largest absolute Gasteiger partial charge is 0.339 e. The topological polar surface area (TPSA) is 40.6 Å². The molecular weight excluding hydrogens is 324 g/mol. The van der Waals surface area contributed by atoms with Crippen LogP contribution in [0, 0.1) is 0 Å². The van der Waals surface area contributed by atoms with Gasteiger partial charge in [-0.2, -0.15) is 0 Å². The van der Waals surface area contributed by atoms with Crippen LogP contribution in [-0.4, -0.2) is 47.8 Å². The van der Waals surface area contributed by atoms with E-state index in [1.807, 2.05) is 84.6 Å². The zero-order chi connectivity index (χ0) is 18.5. The van der Waals surface area contributed by atoms with Gasteiger partial charge in [0.1, 0.15) is 0 Å². The van der Waals surface area contributed by atoms with Gasteiger partial charge in [0, 0.05) is 37.3 Å². The molecule has 3 rings (SSSR count). The second-order valence-electron chi connectivity index (χ2n) is 7.04. The Labute approximate surface area is 155 Å². The van der Waals surface area contributed by atoms with E-state index in [4.69, 9.17) is 0 Å². The van der Waals surface area contributed by atoms with Crippen LogP contribution in [0.4, 0.5) is 0 Å². The standard InChI is InChI=1S/C22H26N2O2/c1-23(21(25)17-10-5-3-6-11-17)19-14-9-15-20(16-19)24(2)22(26)18-12-7-4-8-13-18/h3-8,10-13,19-20H,9,14-16H2,1-2H3. The molecular formula is C22H26N2O2. The molecule has 0 N–H and O–H groups in total. The van der Waals surface area contributed by atoms with Gasteiger partial charge in [0.15, 0.2) is 0 Å². The highest BCUT2D eigenvalue weighted by atomic mass is 16.2. The van der Waals surface area contributed by atoms with E-state index in [-0.39, 0.29) is 23.9 Å². The van der Waals surface area contributed by atoms with Crippen LogP contribution < -0.4 is 0 Å². The van der Waals surface area contributed by atoms with Crippen LogP contribution in [0.25, 0.3) is 0 Å². The first-order chi connectivity index (χ1) is 12.6. The second-order valence-corrected chi connectivity index (χ2v) is 7.04. The highest BCUT2D eigenvalue weighted by molar-refractivity contribution is 5.95. The predicted octanol–water partition coefficient (Wildman–Crippen LogP) is 3.84. The van der Waals surface area contributed by atoms with Crippen LogP contribution in [0.5, 0.6) is 0 Å². The van der Waals surface area contributed by atoms with E-state index in [1.165, 1.54) is 0 Å². The maximum absolute atomic E-state index is 12.7. The van der Waals surface area contributed by atoms with Crippen molar-refractivity contribution in [2.45, 2.75) is 37.8 Å². The second kappa shape index (κ2) is 8.17. The molecule has 2 atom stereocenters. The average Bonchev–Trinajstić information content (AvgIpc) is 2.73. The third kappa shape index (κ3) is 3.96. The van der Waals surface area contributed by atoms with Gasteiger partial charge in [0.25, 0.3) is 11.8 Å². The van der Waals surface area contributed by atoms with Crippen LogP contribution in [-0.2, 0) is 0 Å². The van der Waals surface area contributed by atoms with Gasteiger partial charge in [0.2, 0.25) is 0 Å². The number of hydrogen-bond acceptors (Lipinski definition) is 2. The van der Waals surface area contributed by atoms with Crippen molar-refractivity contribution in [3.8, 4) is 0 Å². The Bertz CT molecular complexity index is 682. The molecule has 0 bridgehead atoms. The van der Waals surface area contributed by atoms with Crippen molar-refractivity contribution in [2.24, 2.45) is 0 Å². The van der Waals surface area contributed by atoms with Crippen LogP contribution in [0.2, 0.25) is 0 Å². The SMILES string of the molecule is CN(C(=O)c1ccccc1)C1CCCC(N(C)C(=O)c2ccccc2)C1. The highest BCUT2D eigenvalue weighted by Gasteiger charge is 2.31. The van der Waals surface area contributed by atoms with E-state index < -0.39 is 0 Å². The van der Waals surface area contributed by atoms with Crippen molar-refractivity contribution >= 4 is 11.8 Å². The zero-order valence-corrected chi connectivity index (χ0v) is 15.5. The van der Waals surface area contributed by atoms with E-state index in [1.54, 1.807) is 0 Å². The fourth-order valence-electron chi connectivity index (χ4n) is 3.74. The van der Waals surface area contributed by atoms with E-state index in [0.29, 0.717) is 11.1 Å². The Morgan fingerprint density at radius 1 is 0.731 bits per heavy atom. The molecule has 4 nitrogen and oxygen atoms in total. The number of rotatable bonds is 4. The number of carbonyl (C=O) groups excluding carboxylic acids is 2. The lowest BCUT2D eigenvalue weighted by molar-refractivity contribution is 0.0556. The molecule has 0 spiro atoms. The van der Waals surface area contributed by atoms with Crippen molar-refractivity contribution < 1.29 is 9.59 Å². The molecule has 1 saturated carbocycles. The first-order valence-corrected chi connectivity index (χ1v) is 9.22. The Morgan fingerprint density at radius 2 is 1.12 bits per heavy atom. The smallest absolute Gasteiger partial charge is 0.253 e. The zero-order valence-electron chi connectivity index (χ0n) is 15.5. The minimum atomic E-state index is 0.0493. The third-order valence-electron chi connectivity index (χ3n) is 5.40. The van der Waals surface area contributed by atoms with Gasteiger partial charge in [-0.3, -0.25) is 9.59 Å². The first-order valence-electron chi connectivity index (χ1n) is 9.22. The normalized spacial score (nSPS) is 19.6. The summed E-state index contributed by atoms with van der Waals surface area (Å²) < 4.78 is 0. The maximum Gasteiger partial charge on any atom is 0.253 e. The van der Waals surface area contributed by atoms with E-state index in [0.717, 1.165) is 25.7 Å². The van der Waals surface area contributed by atoms with Gasteiger partial charge >= 0.3 is 0 Å². The maximum atomic E-state index is 12.7. The molecule has 136 valence electrons. The molecule has 0 radical (unpaired) electrons. The van der Waals surface area contributed by atoms with Gasteiger partial charge in [-0.25, -0.2) is 0 Å². The van der Waals surface area contributed by atoms with Crippen molar-refractivity contribution in [1.29, 1.82) is 0 Å². The lowest BCUT2D eigenvalue weighted by Crippen LogP contribution is -2.47. The molecule has 2 aromatic carbocycles. The third-order valence-corrected chi connectivity index (χ3v) is 5.40. The lowest BCUT2D eigenvalue weighted by atomic mass is 9.88. The Balaban J connectivity index is 1.67. The predicted molar refractivity (Wildman–Crippen MR) is 103 cm³/mol. The van der Waals surface area contributed by atoms with Crippen molar-refractivity contribution in [3.63, 3.8) is 0 Å². The molecule has 26 heavy (non-hydrogen) atoms. The fourth-order valence-corrected chi connectivity index (χ4v) is 3.74. The Morgan fingerprint density at radius 3 is 1.50 bits per heavy atom. The summed E-state index contributed by atoms with van der Waals surface area (Å²) in [7, 11) is 3.75. The highest BCUT2D eigenvalue weighted by Crippen LogP contribution is 2.27. The monoisotopic (exact) mass is 350 g/mol. The fraction of sp³-hybridized carbons (Fsp3) is 0.364. The summed E-state index contributed by atoms with van der Waals surface area (Å²) in [4.78, 5) is 29.1. The molecule has 1 aliphatic carbocycles. The number of benzene rings is 2. The first kappa shape index (κ1) is 18.2. The van der Waals surface area contributed by atoms with E-state index in [9.17, 15) is 9.59 Å². The van der Waals surface area contributed by atoms with Gasteiger partial charge in [-0.15, -0.1) is 0 Å². The number of carbonyl (C=O) groups is 2. The van der Waals surface area contributed by atoms with E-state index in [2.05, 4.69) is 0 Å². The average molecular weight is 350 g/mol. The molecule has 4 heteroatoms. The molecule has 2 aromatic rings. The molecule has 0 saturated heterocycles. The molecule has 1 fully saturated rings. The summed E-state index contributed by atoms with van der Waals surface area (Å²) in [5.41, 5.74) is 1.43. The van der Waals surface area contributed by atoms with Gasteiger partial charge < -0.3 is 9.80 Å². The summed E-state index contributed by atoms with van der Waals surface area (Å²) in [6.07, 6.45) is 3.82. The molecule has 2 unspecified atom stereocenters. The summed E-state index contributed by atoms with van der Waals surface area (Å²) in [5, 5.41) is 0. The lowest BCUT2D eigenvalue weighted by Gasteiger charge is -2.39. The molecule has 0 aliphatic heterocycles. The molecule has 0 heterocycles. The minimum Gasteiger partial charge on any atom is -0.339 e. The summed E-state index contributed by atoms with van der Waals surface area (Å²) in [6.45, 7) is 0. The Hall–Kier alpha value is -2.62. The number of nitrogens with zero attached hydrogens (tertiary/aromatic N) is 2. The van der Waals surface area contributed by atoms with Crippen molar-refractivity contribution in [3.05, 3.63) is 71.8 Å². The van der Waals surface area contributed by atoms with Crippen LogP contribution in [0.1, 0.15) is 46.4 Å². The van der Waals surface area contributed by atoms with Gasteiger partial charge in [-0.05, 0) is 49.9 Å². The van der Waals surface area contributed by atoms with Gasteiger partial charge in [0.05, 0.1) is 0 Å². The van der Waals surface area contributed by atoms with E-state index >= 15 is 0 Å².